The van der Waals surface area contributed by atoms with Crippen LogP contribution in [0.4, 0.5) is 0 Å². The highest BCUT2D eigenvalue weighted by molar-refractivity contribution is 9.10. The molecule has 1 aromatic carbocycles. The predicted molar refractivity (Wildman–Crippen MR) is 72.7 cm³/mol. The smallest absolute Gasteiger partial charge is 0.231 e. The average Bonchev–Trinajstić information content (AvgIpc) is 2.87. The van der Waals surface area contributed by atoms with E-state index in [0.29, 0.717) is 18.8 Å². The second-order valence-electron chi connectivity index (χ2n) is 5.15. The number of nitrogens with two attached hydrogens (primary N) is 1. The number of hydrogen-bond donors (Lipinski definition) is 1. The van der Waals surface area contributed by atoms with Gasteiger partial charge in [-0.2, -0.15) is 0 Å². The second kappa shape index (κ2) is 4.72. The Hall–Kier alpha value is -0.780. The topological polar surface area (TPSA) is 47.7 Å². The van der Waals surface area contributed by atoms with E-state index >= 15 is 0 Å². The van der Waals surface area contributed by atoms with Crippen LogP contribution in [0.25, 0.3) is 0 Å². The van der Waals surface area contributed by atoms with E-state index in [0.717, 1.165) is 35.6 Å². The molecule has 0 saturated carbocycles. The lowest BCUT2D eigenvalue weighted by molar-refractivity contribution is 0.173. The van der Waals surface area contributed by atoms with Crippen LogP contribution in [0, 0.1) is 5.92 Å². The van der Waals surface area contributed by atoms with Crippen molar-refractivity contribution in [1.82, 2.24) is 4.90 Å². The third-order valence-electron chi connectivity index (χ3n) is 3.64. The van der Waals surface area contributed by atoms with Gasteiger partial charge in [0, 0.05) is 25.7 Å². The van der Waals surface area contributed by atoms with Gasteiger partial charge in [0.05, 0.1) is 4.47 Å². The van der Waals surface area contributed by atoms with Crippen LogP contribution in [0.1, 0.15) is 12.5 Å². The Bertz CT molecular complexity index is 457. The Kier molecular flexibility index (Phi) is 3.21. The highest BCUT2D eigenvalue weighted by Crippen LogP contribution is 2.40. The number of rotatable bonds is 2. The van der Waals surface area contributed by atoms with E-state index in [4.69, 9.17) is 15.2 Å². The van der Waals surface area contributed by atoms with Crippen molar-refractivity contribution in [2.75, 3.05) is 19.9 Å². The number of likely N-dealkylation sites (tertiary alicyclic amines) is 1. The van der Waals surface area contributed by atoms with Crippen molar-refractivity contribution in [3.63, 3.8) is 0 Å². The molecule has 1 aromatic rings. The SMILES string of the molecule is CC1CN(Cc2cc(Br)c3c(c2)OCO3)CC1N. The third kappa shape index (κ3) is 2.22. The lowest BCUT2D eigenvalue weighted by Crippen LogP contribution is -2.28. The molecule has 4 nitrogen and oxygen atoms in total. The van der Waals surface area contributed by atoms with Gasteiger partial charge in [-0.3, -0.25) is 4.90 Å². The number of nitrogens with zero attached hydrogens (tertiary/aromatic N) is 1. The van der Waals surface area contributed by atoms with Crippen LogP contribution in [0.5, 0.6) is 11.5 Å². The fraction of sp³-hybridized carbons (Fsp3) is 0.538. The van der Waals surface area contributed by atoms with E-state index in [-0.39, 0.29) is 0 Å². The molecule has 3 rings (SSSR count). The molecule has 0 amide bonds. The largest absolute Gasteiger partial charge is 0.454 e. The summed E-state index contributed by atoms with van der Waals surface area (Å²) in [5.41, 5.74) is 7.28. The Morgan fingerprint density at radius 2 is 2.22 bits per heavy atom. The summed E-state index contributed by atoms with van der Waals surface area (Å²) in [7, 11) is 0. The van der Waals surface area contributed by atoms with Crippen molar-refractivity contribution < 1.29 is 9.47 Å². The van der Waals surface area contributed by atoms with Crippen LogP contribution in [0.2, 0.25) is 0 Å². The molecule has 0 bridgehead atoms. The number of benzene rings is 1. The molecule has 1 saturated heterocycles. The van der Waals surface area contributed by atoms with Gasteiger partial charge in [0.2, 0.25) is 6.79 Å². The van der Waals surface area contributed by atoms with Crippen molar-refractivity contribution in [3.05, 3.63) is 22.2 Å². The molecule has 2 atom stereocenters. The third-order valence-corrected chi connectivity index (χ3v) is 4.23. The lowest BCUT2D eigenvalue weighted by Gasteiger charge is -2.16. The van der Waals surface area contributed by atoms with Crippen LogP contribution >= 0.6 is 15.9 Å². The van der Waals surface area contributed by atoms with Crippen LogP contribution < -0.4 is 15.2 Å². The van der Waals surface area contributed by atoms with Crippen molar-refractivity contribution in [1.29, 1.82) is 0 Å². The van der Waals surface area contributed by atoms with E-state index in [1.54, 1.807) is 0 Å². The number of fused-ring (bicyclic) bond motifs is 1. The van der Waals surface area contributed by atoms with E-state index in [2.05, 4.69) is 39.9 Å². The minimum absolute atomic E-state index is 0.294. The molecule has 98 valence electrons. The molecule has 0 radical (unpaired) electrons. The summed E-state index contributed by atoms with van der Waals surface area (Å²) in [6.45, 7) is 5.46. The molecule has 2 aliphatic heterocycles. The Labute approximate surface area is 115 Å². The maximum atomic E-state index is 6.05. The predicted octanol–water partition coefficient (Wildman–Crippen LogP) is 1.96. The maximum absolute atomic E-state index is 6.05. The minimum Gasteiger partial charge on any atom is -0.454 e. The molecule has 2 unspecified atom stereocenters. The zero-order valence-electron chi connectivity index (χ0n) is 10.4. The first-order valence-corrected chi connectivity index (χ1v) is 6.99. The zero-order valence-corrected chi connectivity index (χ0v) is 11.9. The van der Waals surface area contributed by atoms with Gasteiger partial charge >= 0.3 is 0 Å². The van der Waals surface area contributed by atoms with Gasteiger partial charge in [-0.25, -0.2) is 0 Å². The number of ether oxygens (including phenoxy) is 2. The van der Waals surface area contributed by atoms with E-state index in [1.807, 2.05) is 0 Å². The number of halogens is 1. The summed E-state index contributed by atoms with van der Waals surface area (Å²) in [4.78, 5) is 2.39. The molecule has 18 heavy (non-hydrogen) atoms. The maximum Gasteiger partial charge on any atom is 0.231 e. The minimum atomic E-state index is 0.294. The first-order chi connectivity index (χ1) is 8.63. The summed E-state index contributed by atoms with van der Waals surface area (Å²) in [6, 6.07) is 4.45. The standard InChI is InChI=1S/C13H17BrN2O2/c1-8-4-16(6-11(8)15)5-9-2-10(14)13-12(3-9)17-7-18-13/h2-3,8,11H,4-7,15H2,1H3. The molecule has 2 N–H and O–H groups in total. The normalized spacial score (nSPS) is 26.8. The summed E-state index contributed by atoms with van der Waals surface area (Å²) < 4.78 is 11.8. The van der Waals surface area contributed by atoms with Crippen molar-refractivity contribution >= 4 is 15.9 Å². The monoisotopic (exact) mass is 312 g/mol. The first kappa shape index (κ1) is 12.3. The van der Waals surface area contributed by atoms with Crippen LogP contribution in [0.15, 0.2) is 16.6 Å². The lowest BCUT2D eigenvalue weighted by atomic mass is 10.1. The van der Waals surface area contributed by atoms with Crippen LogP contribution in [-0.2, 0) is 6.54 Å². The molecule has 2 aliphatic rings. The molecular formula is C13H17BrN2O2. The van der Waals surface area contributed by atoms with Gasteiger partial charge in [-0.15, -0.1) is 0 Å². The van der Waals surface area contributed by atoms with Gasteiger partial charge in [0.25, 0.3) is 0 Å². The van der Waals surface area contributed by atoms with Gasteiger partial charge in [-0.1, -0.05) is 6.92 Å². The molecule has 0 spiro atoms. The Balaban J connectivity index is 1.76. The van der Waals surface area contributed by atoms with E-state index in [9.17, 15) is 0 Å². The Morgan fingerprint density at radius 1 is 1.39 bits per heavy atom. The van der Waals surface area contributed by atoms with E-state index < -0.39 is 0 Å². The molecule has 2 heterocycles. The summed E-state index contributed by atoms with van der Waals surface area (Å²) in [5, 5.41) is 0. The van der Waals surface area contributed by atoms with Crippen molar-refractivity contribution in [2.45, 2.75) is 19.5 Å². The summed E-state index contributed by atoms with van der Waals surface area (Å²) in [5.74, 6) is 2.21. The van der Waals surface area contributed by atoms with Crippen LogP contribution in [0.3, 0.4) is 0 Å². The van der Waals surface area contributed by atoms with Crippen molar-refractivity contribution in [2.24, 2.45) is 11.7 Å². The fourth-order valence-corrected chi connectivity index (χ4v) is 3.20. The highest BCUT2D eigenvalue weighted by atomic mass is 79.9. The highest BCUT2D eigenvalue weighted by Gasteiger charge is 2.27. The average molecular weight is 313 g/mol. The molecule has 1 fully saturated rings. The Morgan fingerprint density at radius 3 is 2.94 bits per heavy atom. The van der Waals surface area contributed by atoms with Gasteiger partial charge in [0.1, 0.15) is 0 Å². The fourth-order valence-electron chi connectivity index (χ4n) is 2.59. The summed E-state index contributed by atoms with van der Waals surface area (Å²) >= 11 is 3.52. The van der Waals surface area contributed by atoms with Crippen LogP contribution in [-0.4, -0.2) is 30.8 Å². The molecule has 5 heteroatoms. The summed E-state index contributed by atoms with van der Waals surface area (Å²) in [6.07, 6.45) is 0. The molecule has 0 aliphatic carbocycles. The van der Waals surface area contributed by atoms with Gasteiger partial charge in [-0.05, 0) is 39.5 Å². The van der Waals surface area contributed by atoms with Crippen molar-refractivity contribution in [3.8, 4) is 11.5 Å². The number of hydrogen-bond acceptors (Lipinski definition) is 4. The first-order valence-electron chi connectivity index (χ1n) is 6.19. The molecule has 0 aromatic heterocycles. The molecular weight excluding hydrogens is 296 g/mol. The van der Waals surface area contributed by atoms with Gasteiger partial charge < -0.3 is 15.2 Å². The van der Waals surface area contributed by atoms with E-state index in [1.165, 1.54) is 5.56 Å². The second-order valence-corrected chi connectivity index (χ2v) is 6.00. The quantitative estimate of drug-likeness (QED) is 0.907. The zero-order chi connectivity index (χ0) is 12.7. The van der Waals surface area contributed by atoms with Gasteiger partial charge in [0.15, 0.2) is 11.5 Å².